The van der Waals surface area contributed by atoms with Crippen LogP contribution in [0.2, 0.25) is 0 Å². The third-order valence-corrected chi connectivity index (χ3v) is 9.27. The Labute approximate surface area is 333 Å². The number of hydrogen-bond acceptors (Lipinski definition) is 12. The summed E-state index contributed by atoms with van der Waals surface area (Å²) in [6, 6.07) is 15.0. The van der Waals surface area contributed by atoms with Gasteiger partial charge in [0.1, 0.15) is 37.1 Å². The van der Waals surface area contributed by atoms with Crippen molar-refractivity contribution in [2.24, 2.45) is 10.1 Å². The van der Waals surface area contributed by atoms with Crippen molar-refractivity contribution < 1.29 is 49.9 Å². The summed E-state index contributed by atoms with van der Waals surface area (Å²) in [6.07, 6.45) is 2.43. The number of aliphatic imine (C=N–C) groups is 1. The van der Waals surface area contributed by atoms with Crippen molar-refractivity contribution in [1.29, 1.82) is 5.26 Å². The minimum Gasteiger partial charge on any atom is -1.00 e. The van der Waals surface area contributed by atoms with Gasteiger partial charge in [-0.3, -0.25) is 15.0 Å². The number of halogens is 5. The molecule has 2 N–H and O–H groups in total. The predicted octanol–water partition coefficient (Wildman–Crippen LogP) is 3.37. The molecule has 1 aliphatic rings. The van der Waals surface area contributed by atoms with Crippen molar-refractivity contribution in [3.05, 3.63) is 99.5 Å². The van der Waals surface area contributed by atoms with Crippen LogP contribution < -0.4 is 17.7 Å². The van der Waals surface area contributed by atoms with Crippen molar-refractivity contribution >= 4 is 66.7 Å². The van der Waals surface area contributed by atoms with Crippen LogP contribution in [-0.4, -0.2) is 83.1 Å². The van der Waals surface area contributed by atoms with E-state index in [1.54, 1.807) is 67.7 Å². The topological polar surface area (TPSA) is 162 Å². The number of anilines is 1. The van der Waals surface area contributed by atoms with Gasteiger partial charge in [0.15, 0.2) is 18.2 Å². The van der Waals surface area contributed by atoms with Crippen LogP contribution in [-0.2, 0) is 19.9 Å². The highest BCUT2D eigenvalue weighted by molar-refractivity contribution is 7.10. The Morgan fingerprint density at radius 2 is 1.87 bits per heavy atom. The molecular weight excluding hydrogens is 789 g/mol. The number of quaternary nitrogens is 1. The maximum Gasteiger partial charge on any atom is 0.413 e. The van der Waals surface area contributed by atoms with E-state index < -0.39 is 46.0 Å². The number of nitrogens with zero attached hydrogens (tertiary/aromatic N) is 7. The molecule has 5 rings (SSSR count). The number of carbonyl (C=O) groups excluding carboxylic acids is 2. The van der Waals surface area contributed by atoms with Crippen LogP contribution in [0.4, 0.5) is 19.4 Å². The zero-order valence-corrected chi connectivity index (χ0v) is 32.6. The molecule has 0 saturated carbocycles. The summed E-state index contributed by atoms with van der Waals surface area (Å²) in [6.45, 7) is 2.31. The molecule has 2 aromatic heterocycles. The molecule has 0 radical (unpaired) electrons. The number of aliphatic hydroxyl groups is 1. The zero-order valence-electron chi connectivity index (χ0n) is 29.4. The van der Waals surface area contributed by atoms with E-state index in [9.17, 15) is 19.1 Å². The highest BCUT2D eigenvalue weighted by Crippen LogP contribution is 2.42. The summed E-state index contributed by atoms with van der Waals surface area (Å²) in [5.74, 6) is -2.89. The summed E-state index contributed by atoms with van der Waals surface area (Å²) < 4.78 is 40.6. The van der Waals surface area contributed by atoms with Gasteiger partial charge in [-0.25, -0.2) is 23.5 Å². The Kier molecular flexibility index (Phi) is 16.6. The first-order valence-electron chi connectivity index (χ1n) is 15.7. The van der Waals surface area contributed by atoms with E-state index in [0.717, 1.165) is 23.8 Å². The second-order valence-electron chi connectivity index (χ2n) is 12.0. The second-order valence-corrected chi connectivity index (χ2v) is 12.9. The number of benzene rings is 2. The third-order valence-electron chi connectivity index (χ3n) is 8.24. The lowest BCUT2D eigenvalue weighted by molar-refractivity contribution is -0.848. The van der Waals surface area contributed by atoms with Crippen LogP contribution in [0.1, 0.15) is 47.7 Å². The molecule has 0 fully saturated rings. The minimum absolute atomic E-state index is 0. The Morgan fingerprint density at radius 3 is 2.50 bits per heavy atom. The zero-order chi connectivity index (χ0) is 36.8. The highest BCUT2D eigenvalue weighted by atomic mass is 35.5. The number of pyridine rings is 1. The van der Waals surface area contributed by atoms with Crippen molar-refractivity contribution in [1.82, 2.24) is 14.9 Å². The van der Waals surface area contributed by atoms with E-state index >= 15 is 4.39 Å². The van der Waals surface area contributed by atoms with Gasteiger partial charge in [-0.1, -0.05) is 24.2 Å². The first kappa shape index (κ1) is 45.6. The molecular formula is C35H37Cl3F2N8O5S. The molecule has 1 aliphatic heterocycles. The number of rotatable bonds is 13. The molecule has 4 aromatic rings. The average molecular weight is 826 g/mol. The first-order valence-corrected chi connectivity index (χ1v) is 16.5. The van der Waals surface area contributed by atoms with Crippen molar-refractivity contribution in [2.45, 2.75) is 31.6 Å². The SMILES string of the molecule is CC(=O)OC(c1cccnc1NC(=O)OCC[N+]1(C[C@](O)(c2cc(F)ccc2F)[C@@H](C)c2nc(-c3ccc(C#N)cc3)cs2)C=NC=N1)N(C)C.Cl.Cl.[Cl-]. The van der Waals surface area contributed by atoms with Gasteiger partial charge in [-0.05, 0) is 56.6 Å². The van der Waals surface area contributed by atoms with Crippen molar-refractivity contribution in [2.75, 3.05) is 39.1 Å². The molecule has 13 nitrogen and oxygen atoms in total. The third kappa shape index (κ3) is 10.5. The molecule has 2 aromatic carbocycles. The lowest BCUT2D eigenvalue weighted by Crippen LogP contribution is -3.00. The Morgan fingerprint density at radius 1 is 1.15 bits per heavy atom. The molecule has 54 heavy (non-hydrogen) atoms. The summed E-state index contributed by atoms with van der Waals surface area (Å²) in [5, 5.41) is 30.9. The van der Waals surface area contributed by atoms with Crippen molar-refractivity contribution in [3.63, 3.8) is 0 Å². The van der Waals surface area contributed by atoms with Gasteiger partial charge in [0.05, 0.1) is 27.9 Å². The fraction of sp³-hybridized carbons (Fsp3) is 0.286. The van der Waals surface area contributed by atoms with Crippen LogP contribution in [0.25, 0.3) is 11.3 Å². The summed E-state index contributed by atoms with van der Waals surface area (Å²) in [5.41, 5.74) is -0.180. The van der Waals surface area contributed by atoms with Crippen molar-refractivity contribution in [3.8, 4) is 17.3 Å². The number of nitrogens with one attached hydrogen (secondary N) is 1. The van der Waals surface area contributed by atoms with E-state index in [4.69, 9.17) is 19.7 Å². The molecule has 2 unspecified atom stereocenters. The summed E-state index contributed by atoms with van der Waals surface area (Å²) in [4.78, 5) is 39.3. The molecule has 288 valence electrons. The van der Waals surface area contributed by atoms with Gasteiger partial charge in [0.25, 0.3) is 0 Å². The minimum atomic E-state index is -2.09. The lowest BCUT2D eigenvalue weighted by atomic mass is 9.81. The number of ether oxygens (including phenoxy) is 2. The van der Waals surface area contributed by atoms with Gasteiger partial charge in [0, 0.05) is 35.5 Å². The number of thiazole rings is 1. The first-order chi connectivity index (χ1) is 24.3. The Hall–Kier alpha value is -4.60. The van der Waals surface area contributed by atoms with E-state index in [1.165, 1.54) is 37.1 Å². The largest absolute Gasteiger partial charge is 1.00 e. The number of nitriles is 1. The van der Waals surface area contributed by atoms with E-state index in [1.807, 2.05) is 0 Å². The summed E-state index contributed by atoms with van der Waals surface area (Å²) >= 11 is 1.24. The quantitative estimate of drug-likeness (QED) is 0.117. The second kappa shape index (κ2) is 19.6. The number of hydrogen-bond donors (Lipinski definition) is 2. The maximum atomic E-state index is 15.5. The predicted molar refractivity (Wildman–Crippen MR) is 200 cm³/mol. The van der Waals surface area contributed by atoms with Crippen LogP contribution in [0.5, 0.6) is 0 Å². The monoisotopic (exact) mass is 824 g/mol. The molecule has 0 spiro atoms. The number of amides is 1. The maximum absolute atomic E-state index is 15.5. The molecule has 1 amide bonds. The van der Waals surface area contributed by atoms with Crippen LogP contribution in [0, 0.1) is 23.0 Å². The highest BCUT2D eigenvalue weighted by Gasteiger charge is 2.49. The van der Waals surface area contributed by atoms with E-state index in [-0.39, 0.29) is 68.3 Å². The molecule has 0 bridgehead atoms. The van der Waals surface area contributed by atoms with Gasteiger partial charge in [0.2, 0.25) is 6.34 Å². The number of carbonyl (C=O) groups is 2. The summed E-state index contributed by atoms with van der Waals surface area (Å²) in [7, 11) is 3.40. The van der Waals surface area contributed by atoms with Crippen LogP contribution >= 0.6 is 36.2 Å². The normalized spacial score (nSPS) is 16.4. The fourth-order valence-corrected chi connectivity index (χ4v) is 6.56. The molecule has 4 atom stereocenters. The Bertz CT molecular complexity index is 2000. The average Bonchev–Trinajstić information content (AvgIpc) is 3.79. The van der Waals surface area contributed by atoms with Crippen LogP contribution in [0.3, 0.4) is 0 Å². The molecule has 0 aliphatic carbocycles. The molecule has 0 saturated heterocycles. The number of esters is 1. The standard InChI is InChI=1S/C35H34F2N8O5S.3ClH/c1-22(32-42-30(18-51-32)25-9-7-24(17-38)8-10-25)35(48,28-16-26(36)11-12-29(28)37)19-45(21-39-20-41-45)14-15-49-34(47)43-31-27(6-5-13-40-31)33(44(3)4)50-23(2)46;;;/h5-13,16,18,20-22,33,48H,14-15,19H2,1-4H3;3*1H/t22-,33?,35+,45?;;;/m0.../s1. The van der Waals surface area contributed by atoms with E-state index in [0.29, 0.717) is 21.8 Å². The van der Waals surface area contributed by atoms with Gasteiger partial charge < -0.3 is 27.0 Å². The molecule has 3 heterocycles. The fourth-order valence-electron chi connectivity index (χ4n) is 5.59. The van der Waals surface area contributed by atoms with Gasteiger partial charge in [-0.2, -0.15) is 10.3 Å². The number of aromatic nitrogens is 2. The molecule has 19 heteroatoms. The Balaban J connectivity index is 0.00000336. The van der Waals surface area contributed by atoms with E-state index in [2.05, 4.69) is 26.5 Å². The van der Waals surface area contributed by atoms with Crippen LogP contribution in [0.15, 0.2) is 76.3 Å². The van der Waals surface area contributed by atoms with Gasteiger partial charge in [-0.15, -0.1) is 40.7 Å². The smallest absolute Gasteiger partial charge is 0.413 e. The lowest BCUT2D eigenvalue weighted by Gasteiger charge is -2.38. The van der Waals surface area contributed by atoms with Gasteiger partial charge >= 0.3 is 12.1 Å².